The highest BCUT2D eigenvalue weighted by Gasteiger charge is 2.30. The van der Waals surface area contributed by atoms with Gasteiger partial charge in [0, 0.05) is 18.3 Å². The first-order valence-electron chi connectivity index (χ1n) is 8.09. The van der Waals surface area contributed by atoms with Crippen LogP contribution in [0.5, 0.6) is 5.75 Å². The van der Waals surface area contributed by atoms with E-state index in [-0.39, 0.29) is 17.9 Å². The molecule has 5 nitrogen and oxygen atoms in total. The quantitative estimate of drug-likeness (QED) is 0.916. The number of ether oxygens (including phenoxy) is 2. The summed E-state index contributed by atoms with van der Waals surface area (Å²) in [5, 5.41) is 3.11. The maximum Gasteiger partial charge on any atom is 0.255 e. The minimum atomic E-state index is -0.120. The third-order valence-corrected chi connectivity index (χ3v) is 4.36. The number of aryl methyl sites for hydroxylation is 1. The predicted molar refractivity (Wildman–Crippen MR) is 91.2 cm³/mol. The number of methoxy groups -OCH3 is 1. The van der Waals surface area contributed by atoms with E-state index < -0.39 is 0 Å². The molecule has 1 fully saturated rings. The van der Waals surface area contributed by atoms with Gasteiger partial charge in [0.1, 0.15) is 5.75 Å². The maximum absolute atomic E-state index is 12.7. The van der Waals surface area contributed by atoms with Crippen molar-refractivity contribution >= 4 is 5.91 Å². The van der Waals surface area contributed by atoms with Gasteiger partial charge < -0.3 is 14.8 Å². The Labute approximate surface area is 142 Å². The Hall–Kier alpha value is -2.40. The fraction of sp³-hybridized carbons (Fsp3) is 0.368. The second-order valence-electron chi connectivity index (χ2n) is 6.14. The van der Waals surface area contributed by atoms with E-state index in [0.717, 1.165) is 12.0 Å². The van der Waals surface area contributed by atoms with Crippen LogP contribution >= 0.6 is 0 Å². The number of benzene rings is 1. The fourth-order valence-corrected chi connectivity index (χ4v) is 3.03. The Morgan fingerprint density at radius 2 is 2.08 bits per heavy atom. The molecule has 1 aliphatic heterocycles. The zero-order valence-electron chi connectivity index (χ0n) is 14.0. The minimum absolute atomic E-state index is 0.00381. The third kappa shape index (κ3) is 3.74. The molecule has 0 saturated carbocycles. The molecule has 126 valence electrons. The highest BCUT2D eigenvalue weighted by atomic mass is 16.5. The van der Waals surface area contributed by atoms with Crippen LogP contribution in [0.3, 0.4) is 0 Å². The summed E-state index contributed by atoms with van der Waals surface area (Å²) in [5.41, 5.74) is 2.79. The molecule has 1 aliphatic rings. The van der Waals surface area contributed by atoms with Crippen LogP contribution in [0, 0.1) is 12.8 Å². The average Bonchev–Trinajstić information content (AvgIpc) is 3.02. The summed E-state index contributed by atoms with van der Waals surface area (Å²) in [5.74, 6) is 0.723. The van der Waals surface area contributed by atoms with Crippen LogP contribution in [0.4, 0.5) is 0 Å². The number of hydrogen-bond acceptors (Lipinski definition) is 4. The number of hydrogen-bond donors (Lipinski definition) is 1. The van der Waals surface area contributed by atoms with Gasteiger partial charge in [-0.2, -0.15) is 0 Å². The fourth-order valence-electron chi connectivity index (χ4n) is 3.03. The van der Waals surface area contributed by atoms with E-state index in [1.54, 1.807) is 19.5 Å². The van der Waals surface area contributed by atoms with Crippen molar-refractivity contribution in [3.63, 3.8) is 0 Å². The summed E-state index contributed by atoms with van der Waals surface area (Å²) in [6, 6.07) is 9.60. The lowest BCUT2D eigenvalue weighted by Crippen LogP contribution is -2.40. The van der Waals surface area contributed by atoms with Crippen LogP contribution in [0.15, 0.2) is 42.7 Å². The SMILES string of the molecule is COc1ccc(C)cc1C(=O)N[C@@H]1COC[C@H]1Cc1ccncc1. The summed E-state index contributed by atoms with van der Waals surface area (Å²) >= 11 is 0. The van der Waals surface area contributed by atoms with Crippen molar-refractivity contribution in [2.24, 2.45) is 5.92 Å². The number of amides is 1. The van der Waals surface area contributed by atoms with Gasteiger partial charge >= 0.3 is 0 Å². The standard InChI is InChI=1S/C19H22N2O3/c1-13-3-4-18(23-2)16(9-13)19(22)21-17-12-24-11-15(17)10-14-5-7-20-8-6-14/h3-9,15,17H,10-12H2,1-2H3,(H,21,22)/t15-,17-/m1/s1. The highest BCUT2D eigenvalue weighted by Crippen LogP contribution is 2.22. The molecule has 0 unspecified atom stereocenters. The van der Waals surface area contributed by atoms with E-state index in [1.807, 2.05) is 37.3 Å². The number of pyridine rings is 1. The lowest BCUT2D eigenvalue weighted by molar-refractivity contribution is 0.0922. The summed E-state index contributed by atoms with van der Waals surface area (Å²) < 4.78 is 10.9. The number of nitrogens with zero attached hydrogens (tertiary/aromatic N) is 1. The number of aromatic nitrogens is 1. The van der Waals surface area contributed by atoms with E-state index in [2.05, 4.69) is 10.3 Å². The zero-order valence-corrected chi connectivity index (χ0v) is 14.0. The predicted octanol–water partition coefficient (Wildman–Crippen LogP) is 2.39. The molecule has 0 spiro atoms. The number of rotatable bonds is 5. The van der Waals surface area contributed by atoms with E-state index in [9.17, 15) is 4.79 Å². The molecule has 1 N–H and O–H groups in total. The van der Waals surface area contributed by atoms with E-state index in [0.29, 0.717) is 24.5 Å². The molecule has 5 heteroatoms. The van der Waals surface area contributed by atoms with Crippen LogP contribution in [0.25, 0.3) is 0 Å². The van der Waals surface area contributed by atoms with Crippen molar-refractivity contribution in [1.29, 1.82) is 0 Å². The summed E-state index contributed by atoms with van der Waals surface area (Å²) in [4.78, 5) is 16.7. The van der Waals surface area contributed by atoms with Crippen molar-refractivity contribution in [1.82, 2.24) is 10.3 Å². The lowest BCUT2D eigenvalue weighted by Gasteiger charge is -2.20. The summed E-state index contributed by atoms with van der Waals surface area (Å²) in [6.45, 7) is 3.15. The molecular weight excluding hydrogens is 304 g/mol. The molecule has 1 amide bonds. The van der Waals surface area contributed by atoms with Gasteiger partial charge in [0.25, 0.3) is 5.91 Å². The second kappa shape index (κ2) is 7.45. The first kappa shape index (κ1) is 16.5. The highest BCUT2D eigenvalue weighted by molar-refractivity contribution is 5.97. The average molecular weight is 326 g/mol. The molecule has 0 aliphatic carbocycles. The van der Waals surface area contributed by atoms with Gasteiger partial charge in [0.15, 0.2) is 0 Å². The maximum atomic E-state index is 12.7. The Bertz CT molecular complexity index is 703. The first-order valence-corrected chi connectivity index (χ1v) is 8.09. The molecule has 3 rings (SSSR count). The van der Waals surface area contributed by atoms with Crippen LogP contribution in [0.1, 0.15) is 21.5 Å². The molecule has 1 aromatic heterocycles. The number of carbonyl (C=O) groups excluding carboxylic acids is 1. The summed E-state index contributed by atoms with van der Waals surface area (Å²) in [7, 11) is 1.58. The molecule has 0 bridgehead atoms. The van der Waals surface area contributed by atoms with Gasteiger partial charge in [0.2, 0.25) is 0 Å². The van der Waals surface area contributed by atoms with Crippen molar-refractivity contribution in [3.8, 4) is 5.75 Å². The normalized spacial score (nSPS) is 19.9. The molecule has 1 saturated heterocycles. The smallest absolute Gasteiger partial charge is 0.255 e. The van der Waals surface area contributed by atoms with Gasteiger partial charge in [-0.3, -0.25) is 9.78 Å². The first-order chi connectivity index (χ1) is 11.7. The zero-order chi connectivity index (χ0) is 16.9. The monoisotopic (exact) mass is 326 g/mol. The van der Waals surface area contributed by atoms with Crippen LogP contribution in [-0.4, -0.2) is 37.3 Å². The topological polar surface area (TPSA) is 60.5 Å². The Kier molecular flexibility index (Phi) is 5.11. The third-order valence-electron chi connectivity index (χ3n) is 4.36. The van der Waals surface area contributed by atoms with E-state index >= 15 is 0 Å². The molecule has 0 radical (unpaired) electrons. The van der Waals surface area contributed by atoms with Crippen LogP contribution in [-0.2, 0) is 11.2 Å². The van der Waals surface area contributed by atoms with Crippen LogP contribution < -0.4 is 10.1 Å². The van der Waals surface area contributed by atoms with Gasteiger partial charge in [-0.15, -0.1) is 0 Å². The molecular formula is C19H22N2O3. The number of carbonyl (C=O) groups is 1. The van der Waals surface area contributed by atoms with Gasteiger partial charge in [-0.05, 0) is 43.2 Å². The van der Waals surface area contributed by atoms with Crippen LogP contribution in [0.2, 0.25) is 0 Å². The largest absolute Gasteiger partial charge is 0.496 e. The molecule has 24 heavy (non-hydrogen) atoms. The molecule has 2 aromatic rings. The van der Waals surface area contributed by atoms with Crippen molar-refractivity contribution in [2.75, 3.05) is 20.3 Å². The Morgan fingerprint density at radius 3 is 2.83 bits per heavy atom. The number of nitrogens with one attached hydrogen (secondary N) is 1. The summed E-state index contributed by atoms with van der Waals surface area (Å²) in [6.07, 6.45) is 4.44. The minimum Gasteiger partial charge on any atom is -0.496 e. The molecule has 2 heterocycles. The van der Waals surface area contributed by atoms with Gasteiger partial charge in [0.05, 0.1) is 31.9 Å². The van der Waals surface area contributed by atoms with Crippen molar-refractivity contribution in [2.45, 2.75) is 19.4 Å². The van der Waals surface area contributed by atoms with Gasteiger partial charge in [-0.25, -0.2) is 0 Å². The Balaban J connectivity index is 1.70. The van der Waals surface area contributed by atoms with E-state index in [4.69, 9.17) is 9.47 Å². The second-order valence-corrected chi connectivity index (χ2v) is 6.14. The molecule has 1 aromatic carbocycles. The van der Waals surface area contributed by atoms with Crippen molar-refractivity contribution < 1.29 is 14.3 Å². The lowest BCUT2D eigenvalue weighted by atomic mass is 9.95. The Morgan fingerprint density at radius 1 is 1.29 bits per heavy atom. The van der Waals surface area contributed by atoms with E-state index in [1.165, 1.54) is 5.56 Å². The molecule has 2 atom stereocenters. The van der Waals surface area contributed by atoms with Gasteiger partial charge in [-0.1, -0.05) is 11.6 Å². The van der Waals surface area contributed by atoms with Crippen molar-refractivity contribution in [3.05, 3.63) is 59.4 Å².